The molecule has 0 spiro atoms. The molecule has 0 amide bonds. The molecule has 0 aromatic carbocycles. The van der Waals surface area contributed by atoms with Crippen molar-refractivity contribution >= 4 is 11.6 Å². The minimum Gasteiger partial charge on any atom is -0.460 e. The molecular weight excluding hydrogens is 260 g/mol. The van der Waals surface area contributed by atoms with Gasteiger partial charge in [0, 0.05) is 12.4 Å². The van der Waals surface area contributed by atoms with Crippen molar-refractivity contribution in [3.8, 4) is 0 Å². The highest BCUT2D eigenvalue weighted by Gasteiger charge is 2.17. The third-order valence-corrected chi connectivity index (χ3v) is 2.72. The maximum Gasteiger partial charge on any atom is 0.378 e. The lowest BCUT2D eigenvalue weighted by atomic mass is 10.4. The average molecular weight is 272 g/mol. The van der Waals surface area contributed by atoms with E-state index >= 15 is 0 Å². The van der Waals surface area contributed by atoms with E-state index in [1.54, 1.807) is 6.92 Å². The van der Waals surface area contributed by atoms with Crippen molar-refractivity contribution in [3.05, 3.63) is 42.1 Å². The highest BCUT2D eigenvalue weighted by Crippen LogP contribution is 2.07. The fourth-order valence-corrected chi connectivity index (χ4v) is 1.87. The lowest BCUT2D eigenvalue weighted by Gasteiger charge is -2.01. The maximum absolute atomic E-state index is 11.7. The summed E-state index contributed by atoms with van der Waals surface area (Å²) in [5.74, 6) is -0.467. The van der Waals surface area contributed by atoms with E-state index in [0.29, 0.717) is 6.54 Å². The molecule has 0 aliphatic rings. The van der Waals surface area contributed by atoms with Gasteiger partial charge in [0.2, 0.25) is 0 Å². The summed E-state index contributed by atoms with van der Waals surface area (Å²) in [5.41, 5.74) is 1.59. The van der Waals surface area contributed by atoms with Gasteiger partial charge in [-0.3, -0.25) is 0 Å². The molecule has 0 bridgehead atoms. The van der Waals surface area contributed by atoms with E-state index < -0.39 is 5.97 Å². The number of pyridine rings is 1. The molecule has 20 heavy (non-hydrogen) atoms. The first-order valence-electron chi connectivity index (χ1n) is 6.14. The molecule has 3 rings (SSSR count). The van der Waals surface area contributed by atoms with Crippen molar-refractivity contribution in [2.45, 2.75) is 13.5 Å². The molecule has 0 aliphatic carbocycles. The van der Waals surface area contributed by atoms with Crippen LogP contribution in [0.15, 0.2) is 30.6 Å². The molecule has 0 radical (unpaired) electrons. The topological polar surface area (TPSA) is 87.2 Å². The summed E-state index contributed by atoms with van der Waals surface area (Å²) in [5, 5.41) is 11.0. The van der Waals surface area contributed by atoms with Crippen LogP contribution in [0.1, 0.15) is 23.2 Å². The average Bonchev–Trinajstić information content (AvgIpc) is 3.05. The smallest absolute Gasteiger partial charge is 0.378 e. The predicted octanol–water partition coefficient (Wildman–Crippen LogP) is 0.546. The number of ether oxygens (including phenoxy) is 1. The van der Waals surface area contributed by atoms with Crippen molar-refractivity contribution in [3.63, 3.8) is 0 Å². The number of aromatic nitrogens is 6. The molecule has 3 heterocycles. The SMILES string of the molecule is CCOC(=O)c1nnnn1Cc1cn2ccccc2n1. The fourth-order valence-electron chi connectivity index (χ4n) is 1.87. The number of hydrogen-bond acceptors (Lipinski definition) is 6. The molecule has 3 aromatic rings. The fraction of sp³-hybridized carbons (Fsp3) is 0.250. The third kappa shape index (κ3) is 2.22. The van der Waals surface area contributed by atoms with Crippen molar-refractivity contribution in [1.82, 2.24) is 29.6 Å². The molecule has 102 valence electrons. The zero-order valence-corrected chi connectivity index (χ0v) is 10.8. The molecule has 0 saturated carbocycles. The van der Waals surface area contributed by atoms with E-state index in [2.05, 4.69) is 20.5 Å². The van der Waals surface area contributed by atoms with Gasteiger partial charge < -0.3 is 9.14 Å². The second-order valence-electron chi connectivity index (χ2n) is 4.08. The van der Waals surface area contributed by atoms with Crippen LogP contribution in [0.4, 0.5) is 0 Å². The predicted molar refractivity (Wildman–Crippen MR) is 68.1 cm³/mol. The van der Waals surface area contributed by atoms with Gasteiger partial charge in [0.1, 0.15) is 5.65 Å². The van der Waals surface area contributed by atoms with Gasteiger partial charge in [0.25, 0.3) is 5.82 Å². The van der Waals surface area contributed by atoms with Crippen LogP contribution >= 0.6 is 0 Å². The first-order valence-corrected chi connectivity index (χ1v) is 6.14. The number of nitrogens with zero attached hydrogens (tertiary/aromatic N) is 6. The van der Waals surface area contributed by atoms with Gasteiger partial charge in [0.15, 0.2) is 0 Å². The highest BCUT2D eigenvalue weighted by molar-refractivity contribution is 5.85. The highest BCUT2D eigenvalue weighted by atomic mass is 16.5. The summed E-state index contributed by atoms with van der Waals surface area (Å²) in [6, 6.07) is 5.72. The van der Waals surface area contributed by atoms with Gasteiger partial charge in [-0.25, -0.2) is 14.5 Å². The Morgan fingerprint density at radius 1 is 1.40 bits per heavy atom. The Bertz CT molecular complexity index is 714. The van der Waals surface area contributed by atoms with Crippen LogP contribution in [0.2, 0.25) is 0 Å². The van der Waals surface area contributed by atoms with Gasteiger partial charge in [-0.2, -0.15) is 0 Å². The van der Waals surface area contributed by atoms with Crippen LogP contribution in [0.25, 0.3) is 5.65 Å². The normalized spacial score (nSPS) is 10.8. The molecule has 0 unspecified atom stereocenters. The summed E-state index contributed by atoms with van der Waals surface area (Å²) in [7, 11) is 0. The number of tetrazole rings is 1. The van der Waals surface area contributed by atoms with Gasteiger partial charge >= 0.3 is 5.97 Å². The summed E-state index contributed by atoms with van der Waals surface area (Å²) in [6.45, 7) is 2.32. The Hall–Kier alpha value is -2.77. The van der Waals surface area contributed by atoms with Gasteiger partial charge in [-0.15, -0.1) is 5.10 Å². The van der Waals surface area contributed by atoms with E-state index in [1.807, 2.05) is 35.0 Å². The number of fused-ring (bicyclic) bond motifs is 1. The van der Waals surface area contributed by atoms with E-state index in [4.69, 9.17) is 4.74 Å². The molecule has 8 heteroatoms. The van der Waals surface area contributed by atoms with Crippen LogP contribution in [0.3, 0.4) is 0 Å². The zero-order valence-electron chi connectivity index (χ0n) is 10.8. The monoisotopic (exact) mass is 272 g/mol. The molecule has 0 atom stereocenters. The number of imidazole rings is 1. The molecule has 0 fully saturated rings. The summed E-state index contributed by atoms with van der Waals surface area (Å²) >= 11 is 0. The van der Waals surface area contributed by atoms with E-state index in [0.717, 1.165) is 11.3 Å². The molecule has 3 aromatic heterocycles. The number of carbonyl (C=O) groups excluding carboxylic acids is 1. The second kappa shape index (κ2) is 5.08. The van der Waals surface area contributed by atoms with Crippen molar-refractivity contribution < 1.29 is 9.53 Å². The van der Waals surface area contributed by atoms with Crippen LogP contribution < -0.4 is 0 Å². The summed E-state index contributed by atoms with van der Waals surface area (Å²) in [4.78, 5) is 16.1. The first kappa shape index (κ1) is 12.3. The lowest BCUT2D eigenvalue weighted by Crippen LogP contribution is -2.15. The number of rotatable bonds is 4. The van der Waals surface area contributed by atoms with Crippen LogP contribution in [0.5, 0.6) is 0 Å². The Labute approximate surface area is 114 Å². The number of carbonyl (C=O) groups is 1. The van der Waals surface area contributed by atoms with Gasteiger partial charge in [0.05, 0.1) is 18.8 Å². The van der Waals surface area contributed by atoms with Gasteiger partial charge in [-0.05, 0) is 29.5 Å². The van der Waals surface area contributed by atoms with Crippen LogP contribution in [0, 0.1) is 0 Å². The van der Waals surface area contributed by atoms with E-state index in [9.17, 15) is 4.79 Å². The molecule has 0 N–H and O–H groups in total. The van der Waals surface area contributed by atoms with Crippen molar-refractivity contribution in [1.29, 1.82) is 0 Å². The standard InChI is InChI=1S/C12H12N6O2/c1-2-20-12(19)11-14-15-16-18(11)8-9-7-17-6-4-3-5-10(17)13-9/h3-7H,2,8H2,1H3. The molecule has 0 saturated heterocycles. The third-order valence-electron chi connectivity index (χ3n) is 2.72. The Balaban J connectivity index is 1.87. The van der Waals surface area contributed by atoms with Crippen LogP contribution in [-0.4, -0.2) is 42.2 Å². The van der Waals surface area contributed by atoms with Crippen molar-refractivity contribution in [2.24, 2.45) is 0 Å². The quantitative estimate of drug-likeness (QED) is 0.644. The minimum atomic E-state index is -0.540. The van der Waals surface area contributed by atoms with Crippen molar-refractivity contribution in [2.75, 3.05) is 6.61 Å². The Morgan fingerprint density at radius 3 is 3.10 bits per heavy atom. The van der Waals surface area contributed by atoms with E-state index in [1.165, 1.54) is 4.68 Å². The van der Waals surface area contributed by atoms with Crippen LogP contribution in [-0.2, 0) is 11.3 Å². The Morgan fingerprint density at radius 2 is 2.30 bits per heavy atom. The first-order chi connectivity index (χ1) is 9.78. The summed E-state index contributed by atoms with van der Waals surface area (Å²) in [6.07, 6.45) is 3.77. The minimum absolute atomic E-state index is 0.0731. The number of hydrogen-bond donors (Lipinski definition) is 0. The zero-order chi connectivity index (χ0) is 13.9. The molecule has 8 nitrogen and oxygen atoms in total. The van der Waals surface area contributed by atoms with E-state index in [-0.39, 0.29) is 12.4 Å². The maximum atomic E-state index is 11.7. The van der Waals surface area contributed by atoms with Gasteiger partial charge in [-0.1, -0.05) is 6.07 Å². The summed E-state index contributed by atoms with van der Waals surface area (Å²) < 4.78 is 8.16. The number of esters is 1. The lowest BCUT2D eigenvalue weighted by molar-refractivity contribution is 0.0505. The molecule has 0 aliphatic heterocycles. The largest absolute Gasteiger partial charge is 0.460 e. The molecular formula is C12H12N6O2. The Kier molecular flexibility index (Phi) is 3.12. The second-order valence-corrected chi connectivity index (χ2v) is 4.08.